The molecule has 3 aromatic rings. The Morgan fingerprint density at radius 2 is 1.57 bits per heavy atom. The highest BCUT2D eigenvalue weighted by Crippen LogP contribution is 2.36. The summed E-state index contributed by atoms with van der Waals surface area (Å²) in [5, 5.41) is 29.1. The number of urea groups is 2. The van der Waals surface area contributed by atoms with Gasteiger partial charge in [-0.15, -0.1) is 16.7 Å². The van der Waals surface area contributed by atoms with Gasteiger partial charge in [0.2, 0.25) is 0 Å². The molecule has 0 saturated heterocycles. The molecule has 2 aromatic carbocycles. The molecule has 0 aliphatic carbocycles. The third kappa shape index (κ3) is 7.70. The van der Waals surface area contributed by atoms with Gasteiger partial charge in [0.15, 0.2) is 11.5 Å². The van der Waals surface area contributed by atoms with Gasteiger partial charge in [0.05, 0.1) is 67.9 Å². The van der Waals surface area contributed by atoms with Gasteiger partial charge in [0.25, 0.3) is 0 Å². The van der Waals surface area contributed by atoms with Crippen LogP contribution in [0.1, 0.15) is 42.8 Å². The molecule has 5 N–H and O–H groups in total. The van der Waals surface area contributed by atoms with Crippen LogP contribution >= 0.6 is 11.6 Å². The van der Waals surface area contributed by atoms with Crippen LogP contribution in [0.15, 0.2) is 71.2 Å². The lowest BCUT2D eigenvalue weighted by molar-refractivity contribution is -0.140. The molecule has 17 heteroatoms. The molecule has 0 bridgehead atoms. The van der Waals surface area contributed by atoms with Crippen molar-refractivity contribution >= 4 is 35.6 Å². The summed E-state index contributed by atoms with van der Waals surface area (Å²) in [6, 6.07) is 8.38. The highest BCUT2D eigenvalue weighted by Gasteiger charge is 2.36. The Morgan fingerprint density at radius 1 is 0.918 bits per heavy atom. The molecule has 0 radical (unpaired) electrons. The highest BCUT2D eigenvalue weighted by molar-refractivity contribution is 6.20. The van der Waals surface area contributed by atoms with Crippen LogP contribution in [0.3, 0.4) is 0 Å². The zero-order valence-electron chi connectivity index (χ0n) is 26.7. The van der Waals surface area contributed by atoms with Crippen molar-refractivity contribution in [2.75, 3.05) is 26.2 Å². The number of ether oxygens (including phenoxy) is 4. The lowest BCUT2D eigenvalue weighted by Crippen LogP contribution is -2.46. The minimum absolute atomic E-state index is 0.0626. The van der Waals surface area contributed by atoms with E-state index in [0.29, 0.717) is 22.6 Å². The number of halogens is 1. The van der Waals surface area contributed by atoms with E-state index in [0.717, 1.165) is 0 Å². The number of amides is 4. The number of para-hydroxylation sites is 1. The molecule has 2 atom stereocenters. The van der Waals surface area contributed by atoms with Crippen molar-refractivity contribution in [2.24, 2.45) is 0 Å². The SMILES string of the molecule is CCOC(=O)C1=C(Cn2cc(COc3ccccc3C3NC(=O)NC(CCl)=C3C(=O)OCC)nn2)NC(=O)NC1c1ccc(O)c(OC)c1. The molecule has 4 amide bonds. The summed E-state index contributed by atoms with van der Waals surface area (Å²) in [6.07, 6.45) is 1.58. The average molecular weight is 696 g/mol. The Bertz CT molecular complexity index is 1820. The number of benzene rings is 2. The zero-order chi connectivity index (χ0) is 35.1. The zero-order valence-corrected chi connectivity index (χ0v) is 27.5. The first-order valence-corrected chi connectivity index (χ1v) is 15.7. The maximum atomic E-state index is 13.2. The fourth-order valence-corrected chi connectivity index (χ4v) is 5.58. The van der Waals surface area contributed by atoms with Crippen LogP contribution in [0.25, 0.3) is 0 Å². The number of phenolic OH excluding ortho intramolecular Hbond substituents is 1. The van der Waals surface area contributed by atoms with Crippen LogP contribution in [-0.4, -0.2) is 70.3 Å². The predicted molar refractivity (Wildman–Crippen MR) is 172 cm³/mol. The Hall–Kier alpha value is -5.77. The molecule has 1 aromatic heterocycles. The number of aromatic nitrogens is 3. The Morgan fingerprint density at radius 3 is 2.24 bits per heavy atom. The van der Waals surface area contributed by atoms with Gasteiger partial charge >= 0.3 is 24.0 Å². The van der Waals surface area contributed by atoms with E-state index in [1.807, 2.05) is 0 Å². The van der Waals surface area contributed by atoms with Crippen molar-refractivity contribution in [2.45, 2.75) is 39.1 Å². The van der Waals surface area contributed by atoms with Crippen LogP contribution in [0, 0.1) is 0 Å². The summed E-state index contributed by atoms with van der Waals surface area (Å²) in [6.45, 7) is 3.42. The Kier molecular flexibility index (Phi) is 10.9. The Labute approximate surface area is 285 Å². The van der Waals surface area contributed by atoms with Crippen molar-refractivity contribution in [3.05, 3.63) is 88.0 Å². The largest absolute Gasteiger partial charge is 0.504 e. The monoisotopic (exact) mass is 695 g/mol. The number of aromatic hydroxyl groups is 1. The van der Waals surface area contributed by atoms with E-state index < -0.39 is 36.1 Å². The topological polar surface area (TPSA) is 204 Å². The van der Waals surface area contributed by atoms with Gasteiger partial charge in [0, 0.05) is 11.3 Å². The second kappa shape index (κ2) is 15.4. The van der Waals surface area contributed by atoms with Crippen molar-refractivity contribution < 1.29 is 43.2 Å². The number of nitrogens with zero attached hydrogens (tertiary/aromatic N) is 3. The van der Waals surface area contributed by atoms with Gasteiger partial charge in [-0.05, 0) is 37.6 Å². The van der Waals surface area contributed by atoms with Crippen LogP contribution in [0.2, 0.25) is 0 Å². The molecule has 0 spiro atoms. The van der Waals surface area contributed by atoms with Crippen molar-refractivity contribution in [3.63, 3.8) is 0 Å². The number of methoxy groups -OCH3 is 1. The first-order valence-electron chi connectivity index (χ1n) is 15.2. The smallest absolute Gasteiger partial charge is 0.338 e. The number of alkyl halides is 1. The van der Waals surface area contributed by atoms with Crippen molar-refractivity contribution in [1.82, 2.24) is 36.3 Å². The van der Waals surface area contributed by atoms with E-state index in [1.165, 1.54) is 23.9 Å². The van der Waals surface area contributed by atoms with Crippen molar-refractivity contribution in [3.8, 4) is 17.2 Å². The maximum absolute atomic E-state index is 13.2. The standard InChI is InChI=1S/C32H34ClN7O9/c1-4-47-29(42)25-20(13-33)34-31(44)37-28(25)19-8-6-7-9-23(19)49-16-18-14-40(39-38-18)15-21-26(30(43)48-5-2)27(36-32(45)35-21)17-10-11-22(41)24(12-17)46-3/h6-12,14,27-28,41H,4-5,13,15-16H2,1-3H3,(H2,34,37,44)(H2,35,36,45). The number of carbonyl (C=O) groups excluding carboxylic acids is 4. The van der Waals surface area contributed by atoms with E-state index in [2.05, 4.69) is 31.6 Å². The van der Waals surface area contributed by atoms with Gasteiger partial charge < -0.3 is 45.3 Å². The summed E-state index contributed by atoms with van der Waals surface area (Å²) in [5.74, 6) is -1.02. The van der Waals surface area contributed by atoms with E-state index in [-0.39, 0.29) is 66.3 Å². The second-order valence-corrected chi connectivity index (χ2v) is 10.9. The third-order valence-corrected chi connectivity index (χ3v) is 7.75. The first-order chi connectivity index (χ1) is 23.7. The number of allylic oxidation sites excluding steroid dienone is 2. The second-order valence-electron chi connectivity index (χ2n) is 10.6. The Balaban J connectivity index is 1.40. The number of hydrogen-bond acceptors (Lipinski definition) is 11. The number of rotatable bonds is 13. The number of phenols is 1. The fraction of sp³-hybridized carbons (Fsp3) is 0.312. The lowest BCUT2D eigenvalue weighted by Gasteiger charge is -2.29. The summed E-state index contributed by atoms with van der Waals surface area (Å²) in [5.41, 5.74) is 2.07. The van der Waals surface area contributed by atoms with Crippen LogP contribution in [0.4, 0.5) is 9.59 Å². The minimum atomic E-state index is -0.927. The summed E-state index contributed by atoms with van der Waals surface area (Å²) in [7, 11) is 1.39. The number of hydrogen-bond donors (Lipinski definition) is 5. The number of carbonyl (C=O) groups is 4. The molecular formula is C32H34ClN7O9. The molecule has 2 aliphatic heterocycles. The molecule has 0 fully saturated rings. The van der Waals surface area contributed by atoms with E-state index >= 15 is 0 Å². The molecule has 258 valence electrons. The van der Waals surface area contributed by atoms with Crippen LogP contribution in [0.5, 0.6) is 17.2 Å². The average Bonchev–Trinajstić information content (AvgIpc) is 3.54. The van der Waals surface area contributed by atoms with Gasteiger partial charge in [0.1, 0.15) is 18.1 Å². The quantitative estimate of drug-likeness (QED) is 0.130. The van der Waals surface area contributed by atoms with Crippen molar-refractivity contribution in [1.29, 1.82) is 0 Å². The summed E-state index contributed by atoms with van der Waals surface area (Å²) >= 11 is 6.07. The van der Waals surface area contributed by atoms with Crippen LogP contribution < -0.4 is 30.7 Å². The number of nitrogens with one attached hydrogen (secondary N) is 4. The molecule has 2 unspecified atom stereocenters. The normalized spacial score (nSPS) is 17.4. The van der Waals surface area contributed by atoms with E-state index in [1.54, 1.807) is 50.4 Å². The molecule has 0 saturated carbocycles. The van der Waals surface area contributed by atoms with Gasteiger partial charge in [-0.25, -0.2) is 23.9 Å². The lowest BCUT2D eigenvalue weighted by atomic mass is 9.94. The van der Waals surface area contributed by atoms with Crippen LogP contribution in [-0.2, 0) is 32.2 Å². The summed E-state index contributed by atoms with van der Waals surface area (Å²) < 4.78 is 23.3. The van der Waals surface area contributed by atoms with Gasteiger partial charge in [-0.3, -0.25) is 0 Å². The minimum Gasteiger partial charge on any atom is -0.504 e. The molecule has 3 heterocycles. The molecular weight excluding hydrogens is 662 g/mol. The molecule has 49 heavy (non-hydrogen) atoms. The fourth-order valence-electron chi connectivity index (χ4n) is 5.37. The van der Waals surface area contributed by atoms with E-state index in [4.69, 9.17) is 30.5 Å². The van der Waals surface area contributed by atoms with Gasteiger partial charge in [-0.2, -0.15) is 0 Å². The highest BCUT2D eigenvalue weighted by atomic mass is 35.5. The number of esters is 2. The predicted octanol–water partition coefficient (Wildman–Crippen LogP) is 2.85. The first kappa shape index (κ1) is 34.6. The van der Waals surface area contributed by atoms with E-state index in [9.17, 15) is 24.3 Å². The molecule has 5 rings (SSSR count). The molecule has 16 nitrogen and oxygen atoms in total. The van der Waals surface area contributed by atoms with Gasteiger partial charge in [-0.1, -0.05) is 29.5 Å². The molecule has 2 aliphatic rings. The summed E-state index contributed by atoms with van der Waals surface area (Å²) in [4.78, 5) is 51.3. The maximum Gasteiger partial charge on any atom is 0.338 e. The third-order valence-electron chi connectivity index (χ3n) is 7.48.